The summed E-state index contributed by atoms with van der Waals surface area (Å²) in [5, 5.41) is 19.8. The molecule has 0 radical (unpaired) electrons. The molecule has 0 spiro atoms. The highest BCUT2D eigenvalue weighted by Crippen LogP contribution is 2.38. The van der Waals surface area contributed by atoms with E-state index in [0.717, 1.165) is 18.4 Å². The van der Waals surface area contributed by atoms with E-state index in [2.05, 4.69) is 6.92 Å². The fourth-order valence-electron chi connectivity index (χ4n) is 2.45. The van der Waals surface area contributed by atoms with Gasteiger partial charge >= 0.3 is 5.97 Å². The third-order valence-corrected chi connectivity index (χ3v) is 3.91. The first-order valence-corrected chi connectivity index (χ1v) is 7.02. The molecule has 1 rings (SSSR count). The summed E-state index contributed by atoms with van der Waals surface area (Å²) in [6.45, 7) is 3.94. The number of aliphatic hydroxyl groups is 1. The minimum absolute atomic E-state index is 0.281. The van der Waals surface area contributed by atoms with Crippen molar-refractivity contribution in [1.82, 2.24) is 0 Å². The molecule has 0 saturated heterocycles. The molecule has 0 amide bonds. The molecule has 3 heteroatoms. The van der Waals surface area contributed by atoms with Gasteiger partial charge in [-0.2, -0.15) is 0 Å². The summed E-state index contributed by atoms with van der Waals surface area (Å²) in [6, 6.07) is 9.29. The number of carboxylic acid groups (broad SMARTS) is 1. The molecule has 0 aliphatic carbocycles. The monoisotopic (exact) mass is 264 g/mol. The van der Waals surface area contributed by atoms with Crippen LogP contribution in [0.1, 0.15) is 57.6 Å². The molecule has 2 unspecified atom stereocenters. The number of carboxylic acids is 1. The number of aliphatic hydroxyl groups excluding tert-OH is 1. The van der Waals surface area contributed by atoms with E-state index >= 15 is 0 Å². The average Bonchev–Trinajstić information content (AvgIpc) is 2.44. The molecule has 0 aliphatic rings. The summed E-state index contributed by atoms with van der Waals surface area (Å²) in [4.78, 5) is 11.6. The van der Waals surface area contributed by atoms with Crippen molar-refractivity contribution in [3.63, 3.8) is 0 Å². The SMILES string of the molecule is CCCCC(CC)(CC(O)c1ccccc1)C(=O)O. The van der Waals surface area contributed by atoms with Crippen LogP contribution in [0.4, 0.5) is 0 Å². The van der Waals surface area contributed by atoms with Crippen molar-refractivity contribution in [2.75, 3.05) is 0 Å². The Balaban J connectivity index is 2.85. The van der Waals surface area contributed by atoms with Crippen molar-refractivity contribution in [1.29, 1.82) is 0 Å². The van der Waals surface area contributed by atoms with E-state index in [9.17, 15) is 15.0 Å². The molecule has 2 atom stereocenters. The smallest absolute Gasteiger partial charge is 0.309 e. The van der Waals surface area contributed by atoms with Crippen LogP contribution in [0.5, 0.6) is 0 Å². The lowest BCUT2D eigenvalue weighted by Gasteiger charge is -2.30. The maximum absolute atomic E-state index is 11.6. The molecule has 0 saturated carbocycles. The Morgan fingerprint density at radius 3 is 2.37 bits per heavy atom. The lowest BCUT2D eigenvalue weighted by molar-refractivity contribution is -0.152. The van der Waals surface area contributed by atoms with Crippen molar-refractivity contribution in [2.24, 2.45) is 5.41 Å². The van der Waals surface area contributed by atoms with E-state index in [4.69, 9.17) is 0 Å². The minimum atomic E-state index is -0.814. The summed E-state index contributed by atoms with van der Waals surface area (Å²) in [5.74, 6) is -0.793. The molecule has 19 heavy (non-hydrogen) atoms. The summed E-state index contributed by atoms with van der Waals surface area (Å²) in [5.41, 5.74) is -0.0243. The standard InChI is InChI=1S/C16H24O3/c1-3-5-11-16(4-2,15(18)19)12-14(17)13-9-7-6-8-10-13/h6-10,14,17H,3-5,11-12H2,1-2H3,(H,18,19). The molecule has 3 nitrogen and oxygen atoms in total. The van der Waals surface area contributed by atoms with Crippen LogP contribution in [-0.2, 0) is 4.79 Å². The number of aliphatic carboxylic acids is 1. The van der Waals surface area contributed by atoms with Crippen molar-refractivity contribution in [3.05, 3.63) is 35.9 Å². The molecular weight excluding hydrogens is 240 g/mol. The Labute approximate surface area is 115 Å². The first kappa shape index (κ1) is 15.7. The van der Waals surface area contributed by atoms with Crippen LogP contribution in [0.2, 0.25) is 0 Å². The third-order valence-electron chi connectivity index (χ3n) is 3.91. The van der Waals surface area contributed by atoms with Gasteiger partial charge in [0.1, 0.15) is 0 Å². The number of hydrogen-bond acceptors (Lipinski definition) is 2. The fourth-order valence-corrected chi connectivity index (χ4v) is 2.45. The maximum Gasteiger partial charge on any atom is 0.309 e. The number of rotatable bonds is 8. The predicted molar refractivity (Wildman–Crippen MR) is 75.9 cm³/mol. The Bertz CT molecular complexity index is 388. The number of hydrogen-bond donors (Lipinski definition) is 2. The fraction of sp³-hybridized carbons (Fsp3) is 0.562. The average molecular weight is 264 g/mol. The van der Waals surface area contributed by atoms with Crippen LogP contribution in [0.15, 0.2) is 30.3 Å². The second kappa shape index (κ2) is 7.29. The third kappa shape index (κ3) is 4.06. The van der Waals surface area contributed by atoms with E-state index in [1.165, 1.54) is 0 Å². The second-order valence-electron chi connectivity index (χ2n) is 5.17. The molecule has 0 heterocycles. The van der Waals surface area contributed by atoms with Gasteiger partial charge in [-0.15, -0.1) is 0 Å². The summed E-state index contributed by atoms with van der Waals surface area (Å²) >= 11 is 0. The quantitative estimate of drug-likeness (QED) is 0.751. The zero-order valence-corrected chi connectivity index (χ0v) is 11.8. The predicted octanol–water partition coefficient (Wildman–Crippen LogP) is 3.78. The molecule has 1 aromatic rings. The Kier molecular flexibility index (Phi) is 6.03. The van der Waals surface area contributed by atoms with Crippen molar-refractivity contribution in [2.45, 2.75) is 52.1 Å². The highest BCUT2D eigenvalue weighted by atomic mass is 16.4. The van der Waals surface area contributed by atoms with Crippen LogP contribution in [0, 0.1) is 5.41 Å². The highest BCUT2D eigenvalue weighted by molar-refractivity contribution is 5.74. The Morgan fingerprint density at radius 2 is 1.89 bits per heavy atom. The van der Waals surface area contributed by atoms with Gasteiger partial charge in [0.25, 0.3) is 0 Å². The first-order chi connectivity index (χ1) is 9.05. The highest BCUT2D eigenvalue weighted by Gasteiger charge is 2.38. The van der Waals surface area contributed by atoms with Gasteiger partial charge in [-0.05, 0) is 24.8 Å². The van der Waals surface area contributed by atoms with Gasteiger partial charge in [0, 0.05) is 0 Å². The normalized spacial score (nSPS) is 15.7. The summed E-state index contributed by atoms with van der Waals surface area (Å²) in [7, 11) is 0. The number of benzene rings is 1. The van der Waals surface area contributed by atoms with Gasteiger partial charge in [-0.3, -0.25) is 4.79 Å². The zero-order chi connectivity index (χ0) is 14.3. The van der Waals surface area contributed by atoms with Crippen molar-refractivity contribution in [3.8, 4) is 0 Å². The van der Waals surface area contributed by atoms with Gasteiger partial charge in [-0.25, -0.2) is 0 Å². The largest absolute Gasteiger partial charge is 0.481 e. The minimum Gasteiger partial charge on any atom is -0.481 e. The zero-order valence-electron chi connectivity index (χ0n) is 11.8. The van der Waals surface area contributed by atoms with Crippen molar-refractivity contribution < 1.29 is 15.0 Å². The first-order valence-electron chi connectivity index (χ1n) is 7.02. The number of unbranched alkanes of at least 4 members (excludes halogenated alkanes) is 1. The molecule has 2 N–H and O–H groups in total. The molecule has 0 bridgehead atoms. The molecule has 0 aliphatic heterocycles. The van der Waals surface area contributed by atoms with Crippen molar-refractivity contribution >= 4 is 5.97 Å². The van der Waals surface area contributed by atoms with Crippen LogP contribution < -0.4 is 0 Å². The topological polar surface area (TPSA) is 57.5 Å². The van der Waals surface area contributed by atoms with E-state index in [0.29, 0.717) is 12.8 Å². The van der Waals surface area contributed by atoms with Gasteiger partial charge in [0.2, 0.25) is 0 Å². The molecular formula is C16H24O3. The van der Waals surface area contributed by atoms with E-state index in [1.807, 2.05) is 37.3 Å². The lowest BCUT2D eigenvalue weighted by Crippen LogP contribution is -2.32. The molecule has 0 fully saturated rings. The summed E-state index contributed by atoms with van der Waals surface area (Å²) in [6.07, 6.45) is 2.58. The van der Waals surface area contributed by atoms with Gasteiger partial charge in [-0.1, -0.05) is 57.0 Å². The molecule has 1 aromatic carbocycles. The molecule has 106 valence electrons. The van der Waals surface area contributed by atoms with Gasteiger partial charge in [0.15, 0.2) is 0 Å². The van der Waals surface area contributed by atoms with E-state index in [-0.39, 0.29) is 6.42 Å². The second-order valence-corrected chi connectivity index (χ2v) is 5.17. The van der Waals surface area contributed by atoms with E-state index in [1.54, 1.807) is 0 Å². The van der Waals surface area contributed by atoms with Crippen LogP contribution in [-0.4, -0.2) is 16.2 Å². The Morgan fingerprint density at radius 1 is 1.26 bits per heavy atom. The number of carbonyl (C=O) groups is 1. The summed E-state index contributed by atoms with van der Waals surface area (Å²) < 4.78 is 0. The van der Waals surface area contributed by atoms with Gasteiger partial charge < -0.3 is 10.2 Å². The van der Waals surface area contributed by atoms with Crippen LogP contribution in [0.3, 0.4) is 0 Å². The van der Waals surface area contributed by atoms with Crippen LogP contribution >= 0.6 is 0 Å². The van der Waals surface area contributed by atoms with E-state index < -0.39 is 17.5 Å². The van der Waals surface area contributed by atoms with Crippen LogP contribution in [0.25, 0.3) is 0 Å². The Hall–Kier alpha value is -1.35. The lowest BCUT2D eigenvalue weighted by atomic mass is 9.75. The van der Waals surface area contributed by atoms with Gasteiger partial charge in [0.05, 0.1) is 11.5 Å². The maximum atomic E-state index is 11.6. The molecule has 0 aromatic heterocycles.